The second-order valence-electron chi connectivity index (χ2n) is 6.89. The smallest absolute Gasteiger partial charge is 0.335 e. The SMILES string of the molecule is Cc1ccc(-c2ccc(/C=C3\C(=O)NC(=O)N(c4ccc(Cl)cc4)C3=O)o2)cc1[N+](=O)[O-]. The van der Waals surface area contributed by atoms with Gasteiger partial charge in [0.15, 0.2) is 0 Å². The number of barbiturate groups is 1. The summed E-state index contributed by atoms with van der Waals surface area (Å²) < 4.78 is 5.68. The van der Waals surface area contributed by atoms with Crippen LogP contribution in [0.25, 0.3) is 17.4 Å². The molecule has 0 bridgehead atoms. The zero-order valence-corrected chi connectivity index (χ0v) is 17.3. The Bertz CT molecular complexity index is 1310. The molecule has 0 atom stereocenters. The first-order chi connectivity index (χ1) is 15.2. The number of hydrogen-bond acceptors (Lipinski definition) is 6. The molecular formula is C22H14ClN3O6. The van der Waals surface area contributed by atoms with Crippen molar-refractivity contribution in [1.29, 1.82) is 0 Å². The van der Waals surface area contributed by atoms with Crippen molar-refractivity contribution in [3.05, 3.63) is 86.6 Å². The Hall–Kier alpha value is -4.24. The maximum atomic E-state index is 12.9. The van der Waals surface area contributed by atoms with E-state index in [-0.39, 0.29) is 22.7 Å². The van der Waals surface area contributed by atoms with E-state index >= 15 is 0 Å². The van der Waals surface area contributed by atoms with Crippen molar-refractivity contribution in [3.8, 4) is 11.3 Å². The molecule has 2 aromatic carbocycles. The lowest BCUT2D eigenvalue weighted by molar-refractivity contribution is -0.385. The Balaban J connectivity index is 1.67. The van der Waals surface area contributed by atoms with Crippen LogP contribution >= 0.6 is 11.6 Å². The summed E-state index contributed by atoms with van der Waals surface area (Å²) in [6.07, 6.45) is 1.21. The summed E-state index contributed by atoms with van der Waals surface area (Å²) in [6, 6.07) is 12.8. The Kier molecular flexibility index (Phi) is 5.33. The molecule has 0 aliphatic carbocycles. The largest absolute Gasteiger partial charge is 0.457 e. The highest BCUT2D eigenvalue weighted by molar-refractivity contribution is 6.39. The number of aryl methyl sites for hydroxylation is 1. The number of amides is 4. The van der Waals surface area contributed by atoms with Crippen LogP contribution in [0, 0.1) is 17.0 Å². The number of hydrogen-bond donors (Lipinski definition) is 1. The molecule has 1 N–H and O–H groups in total. The maximum Gasteiger partial charge on any atom is 0.335 e. The number of nitro groups is 1. The van der Waals surface area contributed by atoms with Crippen LogP contribution in [0.4, 0.5) is 16.2 Å². The molecule has 0 unspecified atom stereocenters. The number of halogens is 1. The first-order valence-corrected chi connectivity index (χ1v) is 9.64. The lowest BCUT2D eigenvalue weighted by atomic mass is 10.1. The molecule has 1 aliphatic rings. The van der Waals surface area contributed by atoms with E-state index in [1.165, 1.54) is 42.5 Å². The van der Waals surface area contributed by atoms with E-state index < -0.39 is 22.8 Å². The fourth-order valence-electron chi connectivity index (χ4n) is 3.17. The number of anilines is 1. The topological polar surface area (TPSA) is 123 Å². The highest BCUT2D eigenvalue weighted by Gasteiger charge is 2.37. The third-order valence-electron chi connectivity index (χ3n) is 4.79. The van der Waals surface area contributed by atoms with Crippen LogP contribution in [0.3, 0.4) is 0 Å². The highest BCUT2D eigenvalue weighted by Crippen LogP contribution is 2.29. The molecule has 1 aromatic heterocycles. The average Bonchev–Trinajstić information content (AvgIpc) is 3.21. The number of carbonyl (C=O) groups excluding carboxylic acids is 3. The standard InChI is InChI=1S/C22H14ClN3O6/c1-12-2-3-13(10-18(12)26(30)31)19-9-8-16(32-19)11-17-20(27)24-22(29)25(21(17)28)15-6-4-14(23)5-7-15/h2-11H,1H3,(H,24,27,29)/b17-11+. The second kappa shape index (κ2) is 8.12. The normalized spacial score (nSPS) is 15.2. The minimum absolute atomic E-state index is 0.0576. The first kappa shape index (κ1) is 21.0. The van der Waals surface area contributed by atoms with Gasteiger partial charge in [-0.2, -0.15) is 0 Å². The van der Waals surface area contributed by atoms with Gasteiger partial charge in [-0.1, -0.05) is 23.7 Å². The van der Waals surface area contributed by atoms with Crippen molar-refractivity contribution in [1.82, 2.24) is 5.32 Å². The summed E-state index contributed by atoms with van der Waals surface area (Å²) in [7, 11) is 0. The van der Waals surface area contributed by atoms with E-state index in [2.05, 4.69) is 5.32 Å². The van der Waals surface area contributed by atoms with Crippen LogP contribution < -0.4 is 10.2 Å². The fourth-order valence-corrected chi connectivity index (χ4v) is 3.30. The van der Waals surface area contributed by atoms with Crippen molar-refractivity contribution in [2.24, 2.45) is 0 Å². The molecule has 9 nitrogen and oxygen atoms in total. The summed E-state index contributed by atoms with van der Waals surface area (Å²) in [4.78, 5) is 48.9. The van der Waals surface area contributed by atoms with Crippen LogP contribution in [0.1, 0.15) is 11.3 Å². The van der Waals surface area contributed by atoms with E-state index in [4.69, 9.17) is 16.0 Å². The molecule has 32 heavy (non-hydrogen) atoms. The Labute approximate surface area is 186 Å². The second-order valence-corrected chi connectivity index (χ2v) is 7.33. The Morgan fingerprint density at radius 2 is 1.78 bits per heavy atom. The molecule has 160 valence electrons. The van der Waals surface area contributed by atoms with Gasteiger partial charge in [-0.05, 0) is 49.4 Å². The Morgan fingerprint density at radius 3 is 2.47 bits per heavy atom. The molecule has 0 spiro atoms. The van der Waals surface area contributed by atoms with Gasteiger partial charge in [0.1, 0.15) is 17.1 Å². The van der Waals surface area contributed by atoms with Crippen LogP contribution in [0.5, 0.6) is 0 Å². The number of urea groups is 1. The monoisotopic (exact) mass is 451 g/mol. The maximum absolute atomic E-state index is 12.9. The number of imide groups is 2. The van der Waals surface area contributed by atoms with E-state index in [0.717, 1.165) is 4.90 Å². The van der Waals surface area contributed by atoms with Gasteiger partial charge in [-0.3, -0.25) is 25.0 Å². The lowest BCUT2D eigenvalue weighted by Crippen LogP contribution is -2.54. The number of furan rings is 1. The summed E-state index contributed by atoms with van der Waals surface area (Å²) in [6.45, 7) is 1.63. The van der Waals surface area contributed by atoms with Crippen molar-refractivity contribution in [2.75, 3.05) is 4.90 Å². The molecule has 1 saturated heterocycles. The number of nitrogens with zero attached hydrogens (tertiary/aromatic N) is 2. The van der Waals surface area contributed by atoms with E-state index in [0.29, 0.717) is 21.9 Å². The highest BCUT2D eigenvalue weighted by atomic mass is 35.5. The molecule has 2 heterocycles. The van der Waals surface area contributed by atoms with Crippen LogP contribution in [-0.2, 0) is 9.59 Å². The third-order valence-corrected chi connectivity index (χ3v) is 5.04. The van der Waals surface area contributed by atoms with Gasteiger partial charge < -0.3 is 4.42 Å². The zero-order valence-electron chi connectivity index (χ0n) is 16.5. The third kappa shape index (κ3) is 3.88. The van der Waals surface area contributed by atoms with Gasteiger partial charge >= 0.3 is 6.03 Å². The Morgan fingerprint density at radius 1 is 1.06 bits per heavy atom. The summed E-state index contributed by atoms with van der Waals surface area (Å²) >= 11 is 5.85. The summed E-state index contributed by atoms with van der Waals surface area (Å²) in [5, 5.41) is 13.7. The van der Waals surface area contributed by atoms with E-state index in [1.807, 2.05) is 0 Å². The van der Waals surface area contributed by atoms with Gasteiger partial charge in [-0.15, -0.1) is 0 Å². The number of rotatable bonds is 4. The average molecular weight is 452 g/mol. The number of carbonyl (C=O) groups is 3. The zero-order chi connectivity index (χ0) is 23.0. The molecule has 0 saturated carbocycles. The van der Waals surface area contributed by atoms with Crippen LogP contribution in [0.15, 0.2) is 64.6 Å². The molecular weight excluding hydrogens is 438 g/mol. The van der Waals surface area contributed by atoms with Crippen molar-refractivity contribution in [3.63, 3.8) is 0 Å². The number of nitrogens with one attached hydrogen (secondary N) is 1. The van der Waals surface area contributed by atoms with E-state index in [9.17, 15) is 24.5 Å². The molecule has 4 rings (SSSR count). The molecule has 0 radical (unpaired) electrons. The molecule has 1 aliphatic heterocycles. The van der Waals surface area contributed by atoms with Crippen LogP contribution in [-0.4, -0.2) is 22.8 Å². The lowest BCUT2D eigenvalue weighted by Gasteiger charge is -2.26. The molecule has 4 amide bonds. The molecule has 3 aromatic rings. The van der Waals surface area contributed by atoms with Gasteiger partial charge in [0.25, 0.3) is 17.5 Å². The van der Waals surface area contributed by atoms with Crippen molar-refractivity contribution in [2.45, 2.75) is 6.92 Å². The first-order valence-electron chi connectivity index (χ1n) is 9.27. The molecule has 1 fully saturated rings. The van der Waals surface area contributed by atoms with Crippen molar-refractivity contribution < 1.29 is 23.7 Å². The fraction of sp³-hybridized carbons (Fsp3) is 0.0455. The van der Waals surface area contributed by atoms with Crippen LogP contribution in [0.2, 0.25) is 5.02 Å². The summed E-state index contributed by atoms with van der Waals surface area (Å²) in [5.41, 5.74) is 0.837. The van der Waals surface area contributed by atoms with E-state index in [1.54, 1.807) is 25.1 Å². The minimum Gasteiger partial charge on any atom is -0.457 e. The number of nitro benzene ring substituents is 1. The minimum atomic E-state index is -0.883. The predicted molar refractivity (Wildman–Crippen MR) is 116 cm³/mol. The van der Waals surface area contributed by atoms with Gasteiger partial charge in [0.05, 0.1) is 10.6 Å². The quantitative estimate of drug-likeness (QED) is 0.270. The van der Waals surface area contributed by atoms with Gasteiger partial charge in [0.2, 0.25) is 0 Å². The van der Waals surface area contributed by atoms with Crippen molar-refractivity contribution >= 4 is 46.9 Å². The molecule has 10 heteroatoms. The number of benzene rings is 2. The predicted octanol–water partition coefficient (Wildman–Crippen LogP) is 4.48. The summed E-state index contributed by atoms with van der Waals surface area (Å²) in [5.74, 6) is -1.22. The van der Waals surface area contributed by atoms with Gasteiger partial charge in [-0.25, -0.2) is 9.69 Å². The van der Waals surface area contributed by atoms with Gasteiger partial charge in [0, 0.05) is 22.2 Å².